The molecule has 0 spiro atoms. The first-order valence-electron chi connectivity index (χ1n) is 7.11. The molecule has 0 amide bonds. The van der Waals surface area contributed by atoms with Gasteiger partial charge in [-0.05, 0) is 56.5 Å². The summed E-state index contributed by atoms with van der Waals surface area (Å²) in [7, 11) is 0. The number of benzene rings is 1. The van der Waals surface area contributed by atoms with Crippen molar-refractivity contribution < 1.29 is 9.53 Å². The molecule has 0 radical (unpaired) electrons. The molecule has 112 valence electrons. The van der Waals surface area contributed by atoms with Crippen molar-refractivity contribution in [3.63, 3.8) is 0 Å². The van der Waals surface area contributed by atoms with Crippen molar-refractivity contribution in [1.29, 1.82) is 0 Å². The molecule has 4 heteroatoms. The fourth-order valence-electron chi connectivity index (χ4n) is 2.57. The van der Waals surface area contributed by atoms with E-state index in [0.717, 1.165) is 23.8 Å². The average molecular weight is 298 g/mol. The number of nitrogens with zero attached hydrogens (tertiary/aromatic N) is 1. The van der Waals surface area contributed by atoms with Gasteiger partial charge in [0.05, 0.1) is 0 Å². The van der Waals surface area contributed by atoms with E-state index < -0.39 is 0 Å². The summed E-state index contributed by atoms with van der Waals surface area (Å²) in [6.07, 6.45) is 2.65. The molecular formula is C16H24ClNO2. The first kappa shape index (κ1) is 17.0. The molecule has 1 heterocycles. The third kappa shape index (κ3) is 5.14. The molecule has 1 fully saturated rings. The Labute approximate surface area is 127 Å². The molecule has 1 aromatic rings. The first-order valence-corrected chi connectivity index (χ1v) is 7.11. The molecule has 1 atom stereocenters. The number of rotatable bonds is 5. The smallest absolute Gasteiger partial charge is 0.159 e. The predicted molar refractivity (Wildman–Crippen MR) is 84.0 cm³/mol. The van der Waals surface area contributed by atoms with Gasteiger partial charge in [0.2, 0.25) is 0 Å². The van der Waals surface area contributed by atoms with E-state index in [4.69, 9.17) is 4.74 Å². The second-order valence-electron chi connectivity index (χ2n) is 5.48. The number of carbonyl (C=O) groups excluding carboxylic acids is 1. The molecule has 0 N–H and O–H groups in total. The van der Waals surface area contributed by atoms with Gasteiger partial charge in [0, 0.05) is 18.7 Å². The zero-order valence-corrected chi connectivity index (χ0v) is 13.1. The van der Waals surface area contributed by atoms with E-state index in [-0.39, 0.29) is 18.2 Å². The number of halogens is 1. The van der Waals surface area contributed by atoms with Crippen LogP contribution < -0.4 is 4.74 Å². The Hall–Kier alpha value is -1.06. The van der Waals surface area contributed by atoms with E-state index in [1.54, 1.807) is 6.92 Å². The van der Waals surface area contributed by atoms with Crippen LogP contribution in [0.4, 0.5) is 0 Å². The lowest BCUT2D eigenvalue weighted by molar-refractivity contribution is 0.101. The Balaban J connectivity index is 0.00000200. The van der Waals surface area contributed by atoms with Gasteiger partial charge in [-0.2, -0.15) is 0 Å². The minimum absolute atomic E-state index is 0. The second-order valence-corrected chi connectivity index (χ2v) is 5.48. The third-order valence-corrected chi connectivity index (χ3v) is 3.68. The van der Waals surface area contributed by atoms with Crippen LogP contribution in [0.1, 0.15) is 37.0 Å². The molecule has 20 heavy (non-hydrogen) atoms. The summed E-state index contributed by atoms with van der Waals surface area (Å²) in [6, 6.07) is 7.38. The van der Waals surface area contributed by atoms with Crippen molar-refractivity contribution in [2.75, 3.05) is 26.2 Å². The number of ketones is 1. The highest BCUT2D eigenvalue weighted by atomic mass is 35.5. The quantitative estimate of drug-likeness (QED) is 0.780. The molecule has 1 aromatic carbocycles. The van der Waals surface area contributed by atoms with Crippen LogP contribution >= 0.6 is 12.4 Å². The van der Waals surface area contributed by atoms with Crippen molar-refractivity contribution >= 4 is 18.2 Å². The van der Waals surface area contributed by atoms with Gasteiger partial charge in [-0.3, -0.25) is 9.69 Å². The third-order valence-electron chi connectivity index (χ3n) is 3.68. The standard InChI is InChI=1S/C16H23NO2.ClH/c1-13-4-3-9-17(12-13)10-11-19-16-7-5-15(6-8-16)14(2)18;/h5-8,13H,3-4,9-12H2,1-2H3;1H. The van der Waals surface area contributed by atoms with Crippen molar-refractivity contribution in [2.45, 2.75) is 26.7 Å². The lowest BCUT2D eigenvalue weighted by Crippen LogP contribution is -2.37. The Morgan fingerprint density at radius 3 is 2.65 bits per heavy atom. The average Bonchev–Trinajstić information content (AvgIpc) is 2.39. The number of Topliss-reactive ketones (excluding diaryl/α,β-unsaturated/α-hetero) is 1. The molecule has 3 nitrogen and oxygen atoms in total. The van der Waals surface area contributed by atoms with Crippen LogP contribution in [0.3, 0.4) is 0 Å². The molecule has 1 unspecified atom stereocenters. The maximum absolute atomic E-state index is 11.2. The van der Waals surface area contributed by atoms with E-state index >= 15 is 0 Å². The maximum atomic E-state index is 11.2. The minimum Gasteiger partial charge on any atom is -0.492 e. The normalized spacial score (nSPS) is 19.2. The zero-order valence-electron chi connectivity index (χ0n) is 12.3. The summed E-state index contributed by atoms with van der Waals surface area (Å²) in [4.78, 5) is 13.6. The van der Waals surface area contributed by atoms with Crippen molar-refractivity contribution in [2.24, 2.45) is 5.92 Å². The van der Waals surface area contributed by atoms with Gasteiger partial charge in [0.25, 0.3) is 0 Å². The van der Waals surface area contributed by atoms with Crippen LogP contribution in [0, 0.1) is 5.92 Å². The SMILES string of the molecule is CC(=O)c1ccc(OCCN2CCCC(C)C2)cc1.Cl. The molecule has 1 aliphatic rings. The van der Waals surface area contributed by atoms with Crippen molar-refractivity contribution in [3.8, 4) is 5.75 Å². The lowest BCUT2D eigenvalue weighted by Gasteiger charge is -2.30. The first-order chi connectivity index (χ1) is 9.15. The summed E-state index contributed by atoms with van der Waals surface area (Å²) in [5.74, 6) is 1.74. The highest BCUT2D eigenvalue weighted by Crippen LogP contribution is 2.16. The van der Waals surface area contributed by atoms with Gasteiger partial charge < -0.3 is 4.74 Å². The van der Waals surface area contributed by atoms with Gasteiger partial charge in [-0.1, -0.05) is 6.92 Å². The van der Waals surface area contributed by atoms with E-state index in [1.165, 1.54) is 25.9 Å². The molecule has 0 saturated carbocycles. The van der Waals surface area contributed by atoms with Gasteiger partial charge in [0.15, 0.2) is 5.78 Å². The van der Waals surface area contributed by atoms with Crippen LogP contribution in [0.15, 0.2) is 24.3 Å². The van der Waals surface area contributed by atoms with Crippen LogP contribution in [0.5, 0.6) is 5.75 Å². The monoisotopic (exact) mass is 297 g/mol. The molecule has 1 aliphatic heterocycles. The molecule has 0 aromatic heterocycles. The summed E-state index contributed by atoms with van der Waals surface area (Å²) >= 11 is 0. The van der Waals surface area contributed by atoms with Gasteiger partial charge in [0.1, 0.15) is 12.4 Å². The number of hydrogen-bond acceptors (Lipinski definition) is 3. The molecule has 2 rings (SSSR count). The van der Waals surface area contributed by atoms with E-state index in [1.807, 2.05) is 24.3 Å². The molecule has 1 saturated heterocycles. The molecule has 0 aliphatic carbocycles. The van der Waals surface area contributed by atoms with Gasteiger partial charge in [-0.25, -0.2) is 0 Å². The highest BCUT2D eigenvalue weighted by Gasteiger charge is 2.15. The van der Waals surface area contributed by atoms with Crippen LogP contribution in [-0.2, 0) is 0 Å². The zero-order chi connectivity index (χ0) is 13.7. The molecular weight excluding hydrogens is 274 g/mol. The highest BCUT2D eigenvalue weighted by molar-refractivity contribution is 5.94. The van der Waals surface area contributed by atoms with E-state index in [9.17, 15) is 4.79 Å². The van der Waals surface area contributed by atoms with Gasteiger partial charge in [-0.15, -0.1) is 12.4 Å². The summed E-state index contributed by atoms with van der Waals surface area (Å²) in [5.41, 5.74) is 0.734. The Kier molecular flexibility index (Phi) is 7.03. The van der Waals surface area contributed by atoms with E-state index in [0.29, 0.717) is 6.61 Å². The Morgan fingerprint density at radius 2 is 2.05 bits per heavy atom. The van der Waals surface area contributed by atoms with Crippen molar-refractivity contribution in [3.05, 3.63) is 29.8 Å². The van der Waals surface area contributed by atoms with Crippen LogP contribution in [0.2, 0.25) is 0 Å². The second kappa shape index (κ2) is 8.28. The largest absolute Gasteiger partial charge is 0.492 e. The van der Waals surface area contributed by atoms with Gasteiger partial charge >= 0.3 is 0 Å². The summed E-state index contributed by atoms with van der Waals surface area (Å²) < 4.78 is 5.73. The fourth-order valence-corrected chi connectivity index (χ4v) is 2.57. The predicted octanol–water partition coefficient (Wildman–Crippen LogP) is 3.42. The summed E-state index contributed by atoms with van der Waals surface area (Å²) in [6.45, 7) is 7.97. The summed E-state index contributed by atoms with van der Waals surface area (Å²) in [5, 5.41) is 0. The van der Waals surface area contributed by atoms with Crippen molar-refractivity contribution in [1.82, 2.24) is 4.90 Å². The van der Waals surface area contributed by atoms with E-state index in [2.05, 4.69) is 11.8 Å². The van der Waals surface area contributed by atoms with Crippen LogP contribution in [-0.4, -0.2) is 36.9 Å². The van der Waals surface area contributed by atoms with Crippen LogP contribution in [0.25, 0.3) is 0 Å². The number of piperidine rings is 1. The number of hydrogen-bond donors (Lipinski definition) is 0. The Bertz CT molecular complexity index is 419. The topological polar surface area (TPSA) is 29.5 Å². The number of carbonyl (C=O) groups is 1. The molecule has 0 bridgehead atoms. The lowest BCUT2D eigenvalue weighted by atomic mass is 10.0. The number of likely N-dealkylation sites (tertiary alicyclic amines) is 1. The number of ether oxygens (including phenoxy) is 1. The minimum atomic E-state index is 0. The maximum Gasteiger partial charge on any atom is 0.159 e. The Morgan fingerprint density at radius 1 is 1.35 bits per heavy atom. The fraction of sp³-hybridized carbons (Fsp3) is 0.562.